The third kappa shape index (κ3) is 7.85. The summed E-state index contributed by atoms with van der Waals surface area (Å²) in [6, 6.07) is 0. The van der Waals surface area contributed by atoms with Crippen molar-refractivity contribution in [1.82, 2.24) is 39.9 Å². The van der Waals surface area contributed by atoms with Crippen LogP contribution < -0.4 is 11.1 Å². The molecule has 4 heterocycles. The summed E-state index contributed by atoms with van der Waals surface area (Å²) >= 11 is 0. The van der Waals surface area contributed by atoms with Crippen LogP contribution in [0.25, 0.3) is 33.8 Å². The number of aromatic nitrogens is 8. The number of hydrogen-bond acceptors (Lipinski definition) is 8. The van der Waals surface area contributed by atoms with Gasteiger partial charge >= 0.3 is 37.7 Å². The zero-order valence-electron chi connectivity index (χ0n) is 15.0. The molecule has 18 heteroatoms. The van der Waals surface area contributed by atoms with Crippen LogP contribution in [-0.4, -0.2) is 105 Å². The molecule has 0 aromatic carbocycles. The largest absolute Gasteiger partial charge is 2.00 e. The Balaban J connectivity index is -0.000000188. The molecule has 0 aliphatic rings. The summed E-state index contributed by atoms with van der Waals surface area (Å²) in [7, 11) is 0. The van der Waals surface area contributed by atoms with Gasteiger partial charge in [0.25, 0.3) is 0 Å². The predicted octanol–water partition coefficient (Wildman–Crippen LogP) is -3.71. The second-order valence-electron chi connectivity index (χ2n) is 4.29. The fourth-order valence-electron chi connectivity index (χ4n) is 1.75. The van der Waals surface area contributed by atoms with Crippen LogP contribution in [0.2, 0.25) is 0 Å². The molecule has 14 N–H and O–H groups in total. The van der Waals surface area contributed by atoms with Crippen molar-refractivity contribution in [2.45, 2.75) is 0 Å². The fourth-order valence-corrected chi connectivity index (χ4v) is 1.75. The molecule has 0 unspecified atom stereocenters. The molecule has 0 atom stereocenters. The molecule has 4 aromatic rings. The molecule has 0 saturated carbocycles. The topological polar surface area (TPSA) is 348 Å². The molecule has 17 nitrogen and oxygen atoms in total. The van der Waals surface area contributed by atoms with Crippen LogP contribution in [0.15, 0.2) is 34.4 Å². The average Bonchev–Trinajstić information content (AvgIpc) is 2.55. The quantitative estimate of drug-likeness (QED) is 0.248. The Bertz CT molecular complexity index is 1060. The molecule has 0 bridgehead atoms. The van der Waals surface area contributed by atoms with Crippen molar-refractivity contribution in [2.75, 3.05) is 0 Å². The Kier molecular flexibility index (Phi) is 17.3. The Morgan fingerprint density at radius 3 is 1.23 bits per heavy atom. The van der Waals surface area contributed by atoms with Gasteiger partial charge in [-0.2, -0.15) is 0 Å². The molecule has 160 valence electrons. The van der Waals surface area contributed by atoms with Crippen molar-refractivity contribution in [2.24, 2.45) is 0 Å². The van der Waals surface area contributed by atoms with Gasteiger partial charge in [0.1, 0.15) is 22.3 Å². The molecule has 0 aliphatic heterocycles. The van der Waals surface area contributed by atoms with Crippen LogP contribution in [0, 0.1) is 0 Å². The number of hydrogen-bond donors (Lipinski definition) is 2. The van der Waals surface area contributed by atoms with Crippen LogP contribution >= 0.6 is 0 Å². The summed E-state index contributed by atoms with van der Waals surface area (Å²) in [5.74, 6) is -0.402. The maximum absolute atomic E-state index is 11.1. The van der Waals surface area contributed by atoms with E-state index >= 15 is 0 Å². The van der Waals surface area contributed by atoms with Crippen LogP contribution in [0.5, 0.6) is 0 Å². The van der Waals surface area contributed by atoms with Gasteiger partial charge < -0.3 is 58.8 Å². The van der Waals surface area contributed by atoms with Gasteiger partial charge in [0, 0.05) is 36.7 Å². The second-order valence-corrected chi connectivity index (χ2v) is 4.29. The summed E-state index contributed by atoms with van der Waals surface area (Å²) in [5.41, 5.74) is 14.0. The molecule has 0 fully saturated rings. The first-order valence-corrected chi connectivity index (χ1v) is 6.40. The minimum atomic E-state index is -0.432. The first-order valence-electron chi connectivity index (χ1n) is 6.40. The van der Waals surface area contributed by atoms with E-state index in [2.05, 4.69) is 39.9 Å². The van der Waals surface area contributed by atoms with E-state index in [9.17, 15) is 9.59 Å². The Morgan fingerprint density at radius 1 is 0.600 bits per heavy atom. The summed E-state index contributed by atoms with van der Waals surface area (Å²) in [5, 5.41) is 0. The molecule has 0 saturated heterocycles. The van der Waals surface area contributed by atoms with Gasteiger partial charge in [0.15, 0.2) is 0 Å². The zero-order chi connectivity index (χ0) is 17.1. The van der Waals surface area contributed by atoms with Crippen molar-refractivity contribution in [1.29, 1.82) is 0 Å². The molecule has 0 spiro atoms. The van der Waals surface area contributed by atoms with E-state index in [1.54, 1.807) is 0 Å². The molecule has 4 rings (SSSR count). The van der Waals surface area contributed by atoms with Crippen LogP contribution in [0.1, 0.15) is 0 Å². The Labute approximate surface area is 195 Å². The number of aromatic amines is 2. The van der Waals surface area contributed by atoms with Gasteiger partial charge in [-0.3, -0.25) is 9.59 Å². The van der Waals surface area contributed by atoms with E-state index in [1.807, 2.05) is 0 Å². The number of fused-ring (bicyclic) bond motifs is 2. The Morgan fingerprint density at radius 2 is 0.900 bits per heavy atom. The molecule has 0 aliphatic carbocycles. The fraction of sp³-hybridized carbons (Fsp3) is 0. The SMILES string of the molecule is O.O.O.O.O.[Ca+2].[NH-]c1nc2nccnc2c(=O)[nH]1.[NH-]c1nc2nccnc2c(=O)[nH]1. The molecule has 30 heavy (non-hydrogen) atoms. The monoisotopic (exact) mass is 454 g/mol. The maximum Gasteiger partial charge on any atom is 2.00 e. The second kappa shape index (κ2) is 15.0. The summed E-state index contributed by atoms with van der Waals surface area (Å²) in [4.78, 5) is 49.1. The van der Waals surface area contributed by atoms with Crippen LogP contribution in [0.3, 0.4) is 0 Å². The molecule has 0 radical (unpaired) electrons. The molecular weight excluding hydrogens is 436 g/mol. The molecule has 0 amide bonds. The molecule has 4 aromatic heterocycles. The van der Waals surface area contributed by atoms with Gasteiger partial charge in [-0.05, 0) is 0 Å². The van der Waals surface area contributed by atoms with Crippen molar-refractivity contribution >= 4 is 72.0 Å². The van der Waals surface area contributed by atoms with Crippen molar-refractivity contribution in [3.8, 4) is 0 Å². The normalized spacial score (nSPS) is 8.27. The van der Waals surface area contributed by atoms with Gasteiger partial charge in [0.05, 0.1) is 0 Å². The molecular formula is C12H18CaN10O7. The third-order valence-corrected chi connectivity index (χ3v) is 2.69. The van der Waals surface area contributed by atoms with Gasteiger partial charge in [-0.1, -0.05) is 0 Å². The summed E-state index contributed by atoms with van der Waals surface area (Å²) in [6.07, 6.45) is 5.66. The van der Waals surface area contributed by atoms with Crippen molar-refractivity contribution < 1.29 is 27.4 Å². The standard InChI is InChI=1S/2C6H5N5O.Ca.5H2O/c2*7-6-10-4-3(5(12)11-6)8-1-2-9-4;;;;;;/h2*1-2H,(H3,7,9,10,11,12);;5*1H2/q;;+2;;;;;/p-2. The first-order chi connectivity index (χ1) is 11.5. The number of H-pyrrole nitrogens is 2. The van der Waals surface area contributed by atoms with Gasteiger partial charge in [-0.15, -0.1) is 0 Å². The Hall–Kier alpha value is -2.90. The average molecular weight is 454 g/mol. The van der Waals surface area contributed by atoms with E-state index in [0.717, 1.165) is 0 Å². The van der Waals surface area contributed by atoms with Gasteiger partial charge in [0.2, 0.25) is 11.1 Å². The summed E-state index contributed by atoms with van der Waals surface area (Å²) < 4.78 is 0. The van der Waals surface area contributed by atoms with E-state index in [-0.39, 0.29) is 99.3 Å². The smallest absolute Gasteiger partial charge is 0.412 e. The van der Waals surface area contributed by atoms with E-state index < -0.39 is 11.1 Å². The minimum Gasteiger partial charge on any atom is -0.412 e. The van der Waals surface area contributed by atoms with E-state index in [0.29, 0.717) is 0 Å². The number of nitrogens with one attached hydrogen (secondary N) is 4. The maximum atomic E-state index is 11.1. The minimum absolute atomic E-state index is 0. The van der Waals surface area contributed by atoms with Gasteiger partial charge in [-0.25, -0.2) is 19.9 Å². The zero-order valence-corrected chi connectivity index (χ0v) is 17.2. The van der Waals surface area contributed by atoms with E-state index in [4.69, 9.17) is 11.5 Å². The van der Waals surface area contributed by atoms with Crippen molar-refractivity contribution in [3.63, 3.8) is 0 Å². The van der Waals surface area contributed by atoms with Crippen LogP contribution in [0.4, 0.5) is 11.9 Å². The summed E-state index contributed by atoms with van der Waals surface area (Å²) in [6.45, 7) is 0. The number of rotatable bonds is 0. The van der Waals surface area contributed by atoms with Crippen molar-refractivity contribution in [3.05, 3.63) is 57.0 Å². The third-order valence-electron chi connectivity index (χ3n) is 2.69. The first kappa shape index (κ1) is 34.6. The van der Waals surface area contributed by atoms with Crippen LogP contribution in [-0.2, 0) is 0 Å². The predicted molar refractivity (Wildman–Crippen MR) is 108 cm³/mol. The van der Waals surface area contributed by atoms with E-state index in [1.165, 1.54) is 24.8 Å². The number of nitrogens with zero attached hydrogens (tertiary/aromatic N) is 6.